The maximum Gasteiger partial charge on any atom is 0.341 e. The van der Waals surface area contributed by atoms with Crippen LogP contribution in [0.5, 0.6) is 5.75 Å². The highest BCUT2D eigenvalue weighted by molar-refractivity contribution is 6.11. The molecule has 4 rings (SSSR count). The van der Waals surface area contributed by atoms with E-state index >= 15 is 0 Å². The smallest absolute Gasteiger partial charge is 0.341 e. The van der Waals surface area contributed by atoms with Gasteiger partial charge in [-0.2, -0.15) is 0 Å². The van der Waals surface area contributed by atoms with Crippen LogP contribution in [0.25, 0.3) is 0 Å². The Morgan fingerprint density at radius 3 is 2.23 bits per heavy atom. The molecule has 1 heterocycles. The molecule has 1 N–H and O–H groups in total. The number of allylic oxidation sites excluding steroid dienone is 2. The summed E-state index contributed by atoms with van der Waals surface area (Å²) in [6, 6.07) is 18.1. The average Bonchev–Trinajstić information content (AvgIpc) is 3.35. The summed E-state index contributed by atoms with van der Waals surface area (Å²) in [6.45, 7) is 6.04. The molecule has 40 heavy (non-hydrogen) atoms. The third kappa shape index (κ3) is 6.17. The first-order chi connectivity index (χ1) is 19.3. The van der Waals surface area contributed by atoms with Gasteiger partial charge in [-0.15, -0.1) is 0 Å². The van der Waals surface area contributed by atoms with Crippen LogP contribution in [-0.4, -0.2) is 31.7 Å². The molecule has 0 spiro atoms. The number of esters is 2. The molecule has 0 unspecified atom stereocenters. The summed E-state index contributed by atoms with van der Waals surface area (Å²) < 4.78 is 16.3. The summed E-state index contributed by atoms with van der Waals surface area (Å²) in [6.07, 6.45) is 3.15. The number of hydrogen-bond acceptors (Lipinski definition) is 6. The van der Waals surface area contributed by atoms with Gasteiger partial charge in [-0.25, -0.2) is 9.59 Å². The third-order valence-electron chi connectivity index (χ3n) is 6.82. The van der Waals surface area contributed by atoms with Gasteiger partial charge in [-0.1, -0.05) is 48.0 Å². The van der Waals surface area contributed by atoms with Gasteiger partial charge in [-0.3, -0.25) is 9.69 Å². The van der Waals surface area contributed by atoms with E-state index in [0.29, 0.717) is 59.0 Å². The van der Waals surface area contributed by atoms with Crippen molar-refractivity contribution in [3.8, 4) is 5.75 Å². The monoisotopic (exact) mass is 542 g/mol. The Balaban J connectivity index is 1.76. The maximum atomic E-state index is 14.0. The number of cyclic esters (lactones) is 1. The molecule has 208 valence electrons. The first-order valence-corrected chi connectivity index (χ1v) is 13.3. The normalized spacial score (nSPS) is 12.4. The predicted molar refractivity (Wildman–Crippen MR) is 154 cm³/mol. The summed E-state index contributed by atoms with van der Waals surface area (Å²) in [5.74, 6) is -0.169. The fraction of sp³-hybridized carbons (Fsp3) is 0.281. The molecule has 0 saturated carbocycles. The van der Waals surface area contributed by atoms with Crippen molar-refractivity contribution in [1.82, 2.24) is 0 Å². The second kappa shape index (κ2) is 13.0. The quantitative estimate of drug-likeness (QED) is 0.222. The van der Waals surface area contributed by atoms with Crippen molar-refractivity contribution in [2.45, 2.75) is 46.6 Å². The summed E-state index contributed by atoms with van der Waals surface area (Å²) in [5, 5.41) is 3.03. The van der Waals surface area contributed by atoms with E-state index in [1.165, 1.54) is 0 Å². The Hall–Kier alpha value is -4.59. The molecule has 0 fully saturated rings. The highest BCUT2D eigenvalue weighted by Crippen LogP contribution is 2.42. The minimum Gasteiger partial charge on any atom is -0.496 e. The standard InChI is InChI=1S/C32H34N2O6/c1-5-39-27(35)19-17-21(2)16-18-25-29(28-26(20-40-31(28)36)22(3)30(25)38-4)33-32(37)34(23-12-8-6-9-13-23)24-14-10-7-11-15-24/h6-16H,5,17-20H2,1-4H3,(H,33,37). The molecule has 1 aliphatic rings. The molecule has 0 aliphatic carbocycles. The van der Waals surface area contributed by atoms with E-state index in [9.17, 15) is 14.4 Å². The van der Waals surface area contributed by atoms with Gasteiger partial charge in [0.1, 0.15) is 12.4 Å². The number of carbonyl (C=O) groups excluding carboxylic acids is 3. The average molecular weight is 543 g/mol. The highest BCUT2D eigenvalue weighted by Gasteiger charge is 2.33. The number of nitrogens with zero attached hydrogens (tertiary/aromatic N) is 1. The number of para-hydroxylation sites is 2. The second-order valence-corrected chi connectivity index (χ2v) is 9.44. The van der Waals surface area contributed by atoms with Gasteiger partial charge in [0.25, 0.3) is 0 Å². The largest absolute Gasteiger partial charge is 0.496 e. The number of anilines is 3. The van der Waals surface area contributed by atoms with Crippen LogP contribution in [0.4, 0.5) is 21.9 Å². The molecular weight excluding hydrogens is 508 g/mol. The fourth-order valence-electron chi connectivity index (χ4n) is 4.80. The molecule has 3 aromatic carbocycles. The first-order valence-electron chi connectivity index (χ1n) is 13.3. The van der Waals surface area contributed by atoms with E-state index in [1.807, 2.05) is 80.6 Å². The van der Waals surface area contributed by atoms with Crippen LogP contribution < -0.4 is 15.0 Å². The van der Waals surface area contributed by atoms with Crippen LogP contribution in [0.1, 0.15) is 53.7 Å². The zero-order chi connectivity index (χ0) is 28.6. The fourth-order valence-corrected chi connectivity index (χ4v) is 4.80. The SMILES string of the molecule is CCOC(=O)CCC(C)=CCc1c(NC(=O)N(c2ccccc2)c2ccccc2)c2c(c(C)c1OC)COC2=O. The molecule has 0 bridgehead atoms. The minimum absolute atomic E-state index is 0.106. The molecule has 0 radical (unpaired) electrons. The van der Waals surface area contributed by atoms with Crippen LogP contribution >= 0.6 is 0 Å². The lowest BCUT2D eigenvalue weighted by molar-refractivity contribution is -0.143. The molecule has 0 saturated heterocycles. The van der Waals surface area contributed by atoms with Crippen LogP contribution in [0, 0.1) is 6.92 Å². The number of fused-ring (bicyclic) bond motifs is 1. The summed E-state index contributed by atoms with van der Waals surface area (Å²) in [7, 11) is 1.57. The van der Waals surface area contributed by atoms with Crippen LogP contribution in [0.2, 0.25) is 0 Å². The molecule has 3 aromatic rings. The lowest BCUT2D eigenvalue weighted by Gasteiger charge is -2.26. The maximum absolute atomic E-state index is 14.0. The van der Waals surface area contributed by atoms with Crippen molar-refractivity contribution < 1.29 is 28.6 Å². The van der Waals surface area contributed by atoms with Crippen molar-refractivity contribution in [3.63, 3.8) is 0 Å². The summed E-state index contributed by atoms with van der Waals surface area (Å²) in [4.78, 5) is 40.3. The predicted octanol–water partition coefficient (Wildman–Crippen LogP) is 6.88. The number of rotatable bonds is 10. The summed E-state index contributed by atoms with van der Waals surface area (Å²) >= 11 is 0. The molecule has 1 aliphatic heterocycles. The van der Waals surface area contributed by atoms with Gasteiger partial charge in [-0.05, 0) is 63.4 Å². The summed E-state index contributed by atoms with van der Waals surface area (Å²) in [5.41, 5.74) is 5.13. The second-order valence-electron chi connectivity index (χ2n) is 9.44. The Labute approximate surface area is 234 Å². The first kappa shape index (κ1) is 28.4. The molecule has 8 heteroatoms. The topological polar surface area (TPSA) is 94.2 Å². The van der Waals surface area contributed by atoms with Crippen molar-refractivity contribution in [2.75, 3.05) is 23.9 Å². The minimum atomic E-state index is -0.494. The lowest BCUT2D eigenvalue weighted by atomic mass is 9.93. The van der Waals surface area contributed by atoms with Crippen molar-refractivity contribution in [2.24, 2.45) is 0 Å². The number of amides is 2. The molecule has 2 amide bonds. The van der Waals surface area contributed by atoms with E-state index in [0.717, 1.165) is 11.1 Å². The van der Waals surface area contributed by atoms with Gasteiger partial charge in [0.2, 0.25) is 0 Å². The van der Waals surface area contributed by atoms with Crippen molar-refractivity contribution in [1.29, 1.82) is 0 Å². The van der Waals surface area contributed by atoms with Gasteiger partial charge < -0.3 is 19.5 Å². The van der Waals surface area contributed by atoms with E-state index in [4.69, 9.17) is 14.2 Å². The van der Waals surface area contributed by atoms with Gasteiger partial charge >= 0.3 is 18.0 Å². The number of methoxy groups -OCH3 is 1. The molecule has 0 atom stereocenters. The van der Waals surface area contributed by atoms with Crippen LogP contribution in [0.3, 0.4) is 0 Å². The van der Waals surface area contributed by atoms with E-state index in [1.54, 1.807) is 18.9 Å². The van der Waals surface area contributed by atoms with E-state index < -0.39 is 12.0 Å². The van der Waals surface area contributed by atoms with Crippen LogP contribution in [-0.2, 0) is 27.3 Å². The highest BCUT2D eigenvalue weighted by atomic mass is 16.5. The zero-order valence-corrected chi connectivity index (χ0v) is 23.3. The number of ether oxygens (including phenoxy) is 3. The number of urea groups is 1. The Morgan fingerprint density at radius 1 is 1.02 bits per heavy atom. The number of benzene rings is 3. The van der Waals surface area contributed by atoms with Crippen molar-refractivity contribution >= 4 is 35.0 Å². The van der Waals surface area contributed by atoms with E-state index in [2.05, 4.69) is 5.32 Å². The Kier molecular flexibility index (Phi) is 9.22. The number of nitrogens with one attached hydrogen (secondary N) is 1. The number of hydrogen-bond donors (Lipinski definition) is 1. The Bertz CT molecular complexity index is 1380. The molecule has 0 aromatic heterocycles. The van der Waals surface area contributed by atoms with E-state index in [-0.39, 0.29) is 19.0 Å². The van der Waals surface area contributed by atoms with Gasteiger partial charge in [0.15, 0.2) is 0 Å². The molecular formula is C32H34N2O6. The molecule has 8 nitrogen and oxygen atoms in total. The third-order valence-corrected chi connectivity index (χ3v) is 6.82. The van der Waals surface area contributed by atoms with Crippen LogP contribution in [0.15, 0.2) is 72.3 Å². The number of carbonyl (C=O) groups is 3. The lowest BCUT2D eigenvalue weighted by Crippen LogP contribution is -2.32. The Morgan fingerprint density at radius 2 is 1.65 bits per heavy atom. The van der Waals surface area contributed by atoms with Gasteiger partial charge in [0.05, 0.1) is 36.3 Å². The zero-order valence-electron chi connectivity index (χ0n) is 23.3. The van der Waals surface area contributed by atoms with Gasteiger partial charge in [0, 0.05) is 17.5 Å². The van der Waals surface area contributed by atoms with Crippen molar-refractivity contribution in [3.05, 3.63) is 94.6 Å².